The number of piperidine rings is 2. The third-order valence-corrected chi connectivity index (χ3v) is 7.41. The molecule has 1 aromatic carbocycles. The Bertz CT molecular complexity index is 942. The lowest BCUT2D eigenvalue weighted by atomic mass is 9.83. The van der Waals surface area contributed by atoms with Crippen LogP contribution in [0.1, 0.15) is 52.4 Å². The number of ether oxygens (including phenoxy) is 1. The number of hydrogen-bond donors (Lipinski definition) is 1. The number of likely N-dealkylation sites (tertiary alicyclic amines) is 2. The van der Waals surface area contributed by atoms with Gasteiger partial charge in [0.1, 0.15) is 11.3 Å². The van der Waals surface area contributed by atoms with Crippen LogP contribution in [0.5, 0.6) is 5.75 Å². The van der Waals surface area contributed by atoms with Crippen molar-refractivity contribution in [2.24, 2.45) is 5.92 Å². The zero-order valence-electron chi connectivity index (χ0n) is 20.7. The maximum Gasteiger partial charge on any atom is 0.325 e. The molecule has 9 heteroatoms. The monoisotopic (exact) mass is 484 g/mol. The molecule has 3 saturated heterocycles. The molecule has 0 aromatic heterocycles. The van der Waals surface area contributed by atoms with Gasteiger partial charge in [0.15, 0.2) is 6.61 Å². The van der Waals surface area contributed by atoms with Crippen LogP contribution >= 0.6 is 0 Å². The molecule has 3 aliphatic heterocycles. The smallest absolute Gasteiger partial charge is 0.325 e. The molecule has 3 fully saturated rings. The number of nitrogens with one attached hydrogen (secondary N) is 1. The van der Waals surface area contributed by atoms with Crippen LogP contribution in [0.15, 0.2) is 30.3 Å². The Balaban J connectivity index is 1.27. The molecule has 3 heterocycles. The number of hydrogen-bond acceptors (Lipinski definition) is 5. The van der Waals surface area contributed by atoms with Crippen molar-refractivity contribution in [3.05, 3.63) is 30.3 Å². The fourth-order valence-corrected chi connectivity index (χ4v) is 5.42. The van der Waals surface area contributed by atoms with Crippen molar-refractivity contribution in [3.8, 4) is 5.75 Å². The van der Waals surface area contributed by atoms with E-state index >= 15 is 0 Å². The number of benzene rings is 1. The van der Waals surface area contributed by atoms with Gasteiger partial charge in [0.05, 0.1) is 0 Å². The molecule has 9 nitrogen and oxygen atoms in total. The first kappa shape index (κ1) is 25.0. The van der Waals surface area contributed by atoms with Crippen LogP contribution in [0.4, 0.5) is 4.79 Å². The Morgan fingerprint density at radius 2 is 1.71 bits per heavy atom. The van der Waals surface area contributed by atoms with Crippen LogP contribution in [0, 0.1) is 5.92 Å². The third kappa shape index (κ3) is 5.77. The maximum absolute atomic E-state index is 13.2. The number of amides is 5. The van der Waals surface area contributed by atoms with Gasteiger partial charge in [-0.2, -0.15) is 0 Å². The Morgan fingerprint density at radius 1 is 1.00 bits per heavy atom. The van der Waals surface area contributed by atoms with Crippen molar-refractivity contribution in [1.82, 2.24) is 20.0 Å². The average Bonchev–Trinajstić information content (AvgIpc) is 3.07. The van der Waals surface area contributed by atoms with Crippen LogP contribution in [-0.2, 0) is 14.4 Å². The number of nitrogens with zero attached hydrogens (tertiary/aromatic N) is 3. The average molecular weight is 485 g/mol. The summed E-state index contributed by atoms with van der Waals surface area (Å²) >= 11 is 0. The molecule has 0 saturated carbocycles. The van der Waals surface area contributed by atoms with Gasteiger partial charge in [-0.25, -0.2) is 4.79 Å². The van der Waals surface area contributed by atoms with Crippen LogP contribution in [0.25, 0.3) is 0 Å². The van der Waals surface area contributed by atoms with Crippen LogP contribution < -0.4 is 10.1 Å². The van der Waals surface area contributed by atoms with Gasteiger partial charge in [0.25, 0.3) is 11.8 Å². The summed E-state index contributed by atoms with van der Waals surface area (Å²) in [6.45, 7) is 5.50. The summed E-state index contributed by atoms with van der Waals surface area (Å²) in [5, 5.41) is 2.66. The summed E-state index contributed by atoms with van der Waals surface area (Å²) in [6.07, 6.45) is 4.85. The lowest BCUT2D eigenvalue weighted by Gasteiger charge is -2.44. The van der Waals surface area contributed by atoms with E-state index < -0.39 is 11.6 Å². The Morgan fingerprint density at radius 3 is 2.37 bits per heavy atom. The van der Waals surface area contributed by atoms with Crippen molar-refractivity contribution in [2.75, 3.05) is 32.8 Å². The summed E-state index contributed by atoms with van der Waals surface area (Å²) in [5.41, 5.74) is -0.925. The summed E-state index contributed by atoms with van der Waals surface area (Å²) in [5.74, 6) is 0.715. The van der Waals surface area contributed by atoms with Crippen molar-refractivity contribution in [1.29, 1.82) is 0 Å². The number of carbonyl (C=O) groups excluding carboxylic acids is 4. The lowest BCUT2D eigenvalue weighted by molar-refractivity contribution is -0.140. The van der Waals surface area contributed by atoms with E-state index in [9.17, 15) is 19.2 Å². The minimum atomic E-state index is -0.925. The van der Waals surface area contributed by atoms with Crippen molar-refractivity contribution in [2.45, 2.75) is 64.0 Å². The fraction of sp³-hybridized carbons (Fsp3) is 0.615. The Hall–Kier alpha value is -3.10. The van der Waals surface area contributed by atoms with Crippen LogP contribution in [0.3, 0.4) is 0 Å². The normalized spacial score (nSPS) is 22.8. The predicted molar refractivity (Wildman–Crippen MR) is 130 cm³/mol. The number of rotatable bonds is 7. The first-order valence-corrected chi connectivity index (χ1v) is 12.7. The number of carbonyl (C=O) groups is 4. The number of imide groups is 1. The lowest BCUT2D eigenvalue weighted by Crippen LogP contribution is -2.51. The molecule has 1 N–H and O–H groups in total. The standard InChI is InChI=1S/C26H36N4O5/c1-26(2)24(33)30(25(34)27-26)17-13-22(31)29-14-7-6-10-21(29)19-11-15-28(16-12-19)23(32)18-35-20-8-4-3-5-9-20/h3-5,8-9,19,21H,6-7,10-18H2,1-2H3,(H,27,34). The van der Waals surface area contributed by atoms with Crippen molar-refractivity contribution in [3.63, 3.8) is 0 Å². The second-order valence-corrected chi connectivity index (χ2v) is 10.2. The van der Waals surface area contributed by atoms with Gasteiger partial charge in [-0.05, 0) is 64.0 Å². The second-order valence-electron chi connectivity index (χ2n) is 10.2. The highest BCUT2D eigenvalue weighted by molar-refractivity contribution is 6.06. The van der Waals surface area contributed by atoms with E-state index in [1.54, 1.807) is 13.8 Å². The quantitative estimate of drug-likeness (QED) is 0.599. The molecule has 0 spiro atoms. The Labute approximate surface area is 206 Å². The first-order chi connectivity index (χ1) is 16.8. The van der Waals surface area contributed by atoms with E-state index in [1.165, 1.54) is 0 Å². The van der Waals surface area contributed by atoms with E-state index in [1.807, 2.05) is 40.1 Å². The van der Waals surface area contributed by atoms with Gasteiger partial charge < -0.3 is 19.9 Å². The van der Waals surface area contributed by atoms with E-state index in [-0.39, 0.29) is 43.3 Å². The molecule has 1 atom stereocenters. The zero-order chi connectivity index (χ0) is 25.0. The third-order valence-electron chi connectivity index (χ3n) is 7.41. The van der Waals surface area contributed by atoms with Gasteiger partial charge in [-0.15, -0.1) is 0 Å². The van der Waals surface area contributed by atoms with Gasteiger partial charge in [-0.3, -0.25) is 19.3 Å². The Kier molecular flexibility index (Phi) is 7.62. The van der Waals surface area contributed by atoms with Gasteiger partial charge in [0.2, 0.25) is 5.91 Å². The van der Waals surface area contributed by atoms with Crippen LogP contribution in [0.2, 0.25) is 0 Å². The highest BCUT2D eigenvalue weighted by Crippen LogP contribution is 2.31. The first-order valence-electron chi connectivity index (χ1n) is 12.7. The van der Waals surface area contributed by atoms with E-state index in [0.717, 1.165) is 37.0 Å². The molecule has 0 aliphatic carbocycles. The highest BCUT2D eigenvalue weighted by atomic mass is 16.5. The molecule has 4 rings (SSSR count). The SMILES string of the molecule is CC1(C)NC(=O)N(CCC(=O)N2CCCCC2C2CCN(C(=O)COc3ccccc3)CC2)C1=O. The molecule has 190 valence electrons. The molecule has 1 unspecified atom stereocenters. The molecule has 35 heavy (non-hydrogen) atoms. The number of para-hydroxylation sites is 1. The molecular formula is C26H36N4O5. The summed E-state index contributed by atoms with van der Waals surface area (Å²) in [6, 6.07) is 9.04. The van der Waals surface area contributed by atoms with Crippen molar-refractivity contribution >= 4 is 23.8 Å². The summed E-state index contributed by atoms with van der Waals surface area (Å²) < 4.78 is 5.61. The van der Waals surface area contributed by atoms with Crippen LogP contribution in [-0.4, -0.2) is 82.8 Å². The largest absolute Gasteiger partial charge is 0.484 e. The molecule has 1 aromatic rings. The molecular weight excluding hydrogens is 448 g/mol. The summed E-state index contributed by atoms with van der Waals surface area (Å²) in [7, 11) is 0. The molecule has 0 radical (unpaired) electrons. The minimum Gasteiger partial charge on any atom is -0.484 e. The fourth-order valence-electron chi connectivity index (χ4n) is 5.42. The van der Waals surface area contributed by atoms with Gasteiger partial charge >= 0.3 is 6.03 Å². The van der Waals surface area contributed by atoms with E-state index in [0.29, 0.717) is 31.3 Å². The van der Waals surface area contributed by atoms with Gasteiger partial charge in [0, 0.05) is 38.6 Å². The van der Waals surface area contributed by atoms with Gasteiger partial charge in [-0.1, -0.05) is 18.2 Å². The molecule has 3 aliphatic rings. The topological polar surface area (TPSA) is 99.3 Å². The highest BCUT2D eigenvalue weighted by Gasteiger charge is 2.44. The minimum absolute atomic E-state index is 0.00484. The zero-order valence-corrected chi connectivity index (χ0v) is 20.7. The van der Waals surface area contributed by atoms with E-state index in [2.05, 4.69) is 5.32 Å². The maximum atomic E-state index is 13.2. The van der Waals surface area contributed by atoms with E-state index in [4.69, 9.17) is 4.74 Å². The number of urea groups is 1. The molecule has 5 amide bonds. The predicted octanol–water partition coefficient (Wildman–Crippen LogP) is 2.41. The van der Waals surface area contributed by atoms with Crippen molar-refractivity contribution < 1.29 is 23.9 Å². The molecule has 0 bridgehead atoms. The summed E-state index contributed by atoms with van der Waals surface area (Å²) in [4.78, 5) is 55.3. The second kappa shape index (κ2) is 10.7.